The van der Waals surface area contributed by atoms with Crippen molar-refractivity contribution in [1.29, 1.82) is 0 Å². The van der Waals surface area contributed by atoms with E-state index < -0.39 is 5.67 Å². The van der Waals surface area contributed by atoms with E-state index in [1.165, 1.54) is 6.42 Å². The van der Waals surface area contributed by atoms with Gasteiger partial charge in [-0.25, -0.2) is 4.39 Å². The lowest BCUT2D eigenvalue weighted by atomic mass is 9.84. The standard InChI is InChI=1S/C27H41FN2O2/c1-26(2)18-21(12-17-32-26)20-30-15-13-27(28,14-16-30)19-23-10-6-7-11-24(23)29-25(31)22-8-4-3-5-9-22/h6-7,10-11,21-22H,3-5,8-9,12-20H2,1-2H3,(H,29,31). The molecule has 0 aromatic heterocycles. The number of nitrogens with zero attached hydrogens (tertiary/aromatic N) is 1. The Hall–Kier alpha value is -1.46. The summed E-state index contributed by atoms with van der Waals surface area (Å²) in [6, 6.07) is 7.80. The second-order valence-electron chi connectivity index (χ2n) is 11.1. The van der Waals surface area contributed by atoms with Crippen molar-refractivity contribution in [3.63, 3.8) is 0 Å². The molecule has 4 nitrogen and oxygen atoms in total. The molecule has 1 atom stereocenters. The molecule has 1 aliphatic carbocycles. The molecule has 2 aliphatic heterocycles. The largest absolute Gasteiger partial charge is 0.376 e. The molecule has 1 N–H and O–H groups in total. The van der Waals surface area contributed by atoms with Crippen molar-refractivity contribution in [2.24, 2.45) is 11.8 Å². The van der Waals surface area contributed by atoms with Crippen LogP contribution >= 0.6 is 0 Å². The van der Waals surface area contributed by atoms with Gasteiger partial charge in [0, 0.05) is 44.3 Å². The fraction of sp³-hybridized carbons (Fsp3) is 0.741. The van der Waals surface area contributed by atoms with Crippen molar-refractivity contribution < 1.29 is 13.9 Å². The molecular formula is C27H41FN2O2. The van der Waals surface area contributed by atoms with E-state index in [9.17, 15) is 4.79 Å². The Morgan fingerprint density at radius 1 is 1.12 bits per heavy atom. The molecule has 1 saturated carbocycles. The van der Waals surface area contributed by atoms with E-state index in [1.807, 2.05) is 24.3 Å². The number of alkyl halides is 1. The molecule has 1 unspecified atom stereocenters. The van der Waals surface area contributed by atoms with Crippen LogP contribution in [0.4, 0.5) is 10.1 Å². The number of amides is 1. The van der Waals surface area contributed by atoms with Crippen LogP contribution in [0.5, 0.6) is 0 Å². The van der Waals surface area contributed by atoms with Crippen LogP contribution in [0.2, 0.25) is 0 Å². The summed E-state index contributed by atoms with van der Waals surface area (Å²) in [5, 5.41) is 3.13. The number of anilines is 1. The number of hydrogen-bond donors (Lipinski definition) is 1. The summed E-state index contributed by atoms with van der Waals surface area (Å²) in [5.74, 6) is 0.857. The van der Waals surface area contributed by atoms with Crippen LogP contribution in [0.25, 0.3) is 0 Å². The van der Waals surface area contributed by atoms with Crippen molar-refractivity contribution in [3.05, 3.63) is 29.8 Å². The number of halogens is 1. The molecule has 0 bridgehead atoms. The molecule has 2 heterocycles. The first kappa shape index (κ1) is 23.7. The number of hydrogen-bond acceptors (Lipinski definition) is 3. The van der Waals surface area contributed by atoms with E-state index in [4.69, 9.17) is 4.74 Å². The highest BCUT2D eigenvalue weighted by Gasteiger charge is 2.37. The molecule has 1 aromatic carbocycles. The first-order chi connectivity index (χ1) is 15.3. The lowest BCUT2D eigenvalue weighted by Gasteiger charge is -2.41. The van der Waals surface area contributed by atoms with Gasteiger partial charge in [0.15, 0.2) is 0 Å². The molecule has 2 saturated heterocycles. The number of likely N-dealkylation sites (tertiary alicyclic amines) is 1. The zero-order chi connectivity index (χ0) is 22.6. The summed E-state index contributed by atoms with van der Waals surface area (Å²) in [5.41, 5.74) is 0.497. The van der Waals surface area contributed by atoms with Crippen LogP contribution in [0.15, 0.2) is 24.3 Å². The predicted octanol–water partition coefficient (Wildman–Crippen LogP) is 5.76. The number of carbonyl (C=O) groups is 1. The summed E-state index contributed by atoms with van der Waals surface area (Å²) in [4.78, 5) is 15.2. The van der Waals surface area contributed by atoms with Crippen molar-refractivity contribution in [1.82, 2.24) is 4.90 Å². The molecule has 0 radical (unpaired) electrons. The molecule has 178 valence electrons. The minimum absolute atomic E-state index is 0.0334. The van der Waals surface area contributed by atoms with Crippen LogP contribution in [-0.2, 0) is 16.0 Å². The van der Waals surface area contributed by atoms with Crippen molar-refractivity contribution in [2.75, 3.05) is 31.6 Å². The van der Waals surface area contributed by atoms with Gasteiger partial charge in [-0.05, 0) is 69.9 Å². The van der Waals surface area contributed by atoms with E-state index in [1.54, 1.807) is 0 Å². The second kappa shape index (κ2) is 10.2. The second-order valence-corrected chi connectivity index (χ2v) is 11.1. The Morgan fingerprint density at radius 2 is 1.84 bits per heavy atom. The third kappa shape index (κ3) is 6.32. The van der Waals surface area contributed by atoms with Gasteiger partial charge in [0.25, 0.3) is 0 Å². The van der Waals surface area contributed by atoms with Gasteiger partial charge < -0.3 is 15.0 Å². The average Bonchev–Trinajstić information content (AvgIpc) is 2.77. The Bertz CT molecular complexity index is 767. The summed E-state index contributed by atoms with van der Waals surface area (Å²) in [6.45, 7) is 7.85. The Morgan fingerprint density at radius 3 is 2.56 bits per heavy atom. The molecule has 32 heavy (non-hydrogen) atoms. The molecule has 1 amide bonds. The maximum Gasteiger partial charge on any atom is 0.227 e. The van der Waals surface area contributed by atoms with Gasteiger partial charge in [-0.3, -0.25) is 4.79 Å². The SMILES string of the molecule is CC1(C)CC(CN2CCC(F)(Cc3ccccc3NC(=O)C3CCCCC3)CC2)CCO1. The summed E-state index contributed by atoms with van der Waals surface area (Å²) in [6.07, 6.45) is 9.13. The maximum absolute atomic E-state index is 15.8. The van der Waals surface area contributed by atoms with Gasteiger partial charge in [-0.1, -0.05) is 37.5 Å². The number of piperidine rings is 1. The zero-order valence-electron chi connectivity index (χ0n) is 20.0. The minimum Gasteiger partial charge on any atom is -0.376 e. The number of ether oxygens (including phenoxy) is 1. The van der Waals surface area contributed by atoms with Crippen molar-refractivity contribution in [2.45, 2.75) is 89.3 Å². The average molecular weight is 445 g/mol. The quantitative estimate of drug-likeness (QED) is 0.607. The van der Waals surface area contributed by atoms with E-state index in [0.29, 0.717) is 25.2 Å². The summed E-state index contributed by atoms with van der Waals surface area (Å²) < 4.78 is 21.7. The fourth-order valence-electron chi connectivity index (χ4n) is 5.93. The van der Waals surface area contributed by atoms with Gasteiger partial charge in [0.05, 0.1) is 5.60 Å². The van der Waals surface area contributed by atoms with Crippen LogP contribution in [0.3, 0.4) is 0 Å². The van der Waals surface area contributed by atoms with Gasteiger partial charge in [-0.15, -0.1) is 0 Å². The van der Waals surface area contributed by atoms with E-state index >= 15 is 4.39 Å². The Balaban J connectivity index is 1.31. The zero-order valence-corrected chi connectivity index (χ0v) is 20.0. The van der Waals surface area contributed by atoms with Gasteiger partial charge >= 0.3 is 0 Å². The molecule has 4 rings (SSSR count). The number of nitrogens with one attached hydrogen (secondary N) is 1. The highest BCUT2D eigenvalue weighted by atomic mass is 19.1. The third-order valence-corrected chi connectivity index (χ3v) is 7.83. The molecular weight excluding hydrogens is 403 g/mol. The third-order valence-electron chi connectivity index (χ3n) is 7.83. The summed E-state index contributed by atoms with van der Waals surface area (Å²) in [7, 11) is 0. The smallest absolute Gasteiger partial charge is 0.227 e. The van der Waals surface area contributed by atoms with Crippen LogP contribution in [0.1, 0.15) is 77.2 Å². The number of rotatable bonds is 6. The normalized spacial score (nSPS) is 26.5. The van der Waals surface area contributed by atoms with E-state index in [0.717, 1.165) is 76.0 Å². The lowest BCUT2D eigenvalue weighted by molar-refractivity contribution is -0.120. The van der Waals surface area contributed by atoms with Gasteiger partial charge in [-0.2, -0.15) is 0 Å². The number of benzene rings is 1. The molecule has 5 heteroatoms. The van der Waals surface area contributed by atoms with E-state index in [2.05, 4.69) is 24.1 Å². The topological polar surface area (TPSA) is 41.6 Å². The summed E-state index contributed by atoms with van der Waals surface area (Å²) >= 11 is 0. The van der Waals surface area contributed by atoms with Gasteiger partial charge in [0.1, 0.15) is 5.67 Å². The molecule has 1 aromatic rings. The fourth-order valence-corrected chi connectivity index (χ4v) is 5.93. The monoisotopic (exact) mass is 444 g/mol. The highest BCUT2D eigenvalue weighted by Crippen LogP contribution is 2.35. The van der Waals surface area contributed by atoms with E-state index in [-0.39, 0.29) is 17.4 Å². The molecule has 3 fully saturated rings. The van der Waals surface area contributed by atoms with Gasteiger partial charge in [0.2, 0.25) is 5.91 Å². The van der Waals surface area contributed by atoms with Crippen LogP contribution in [-0.4, -0.2) is 48.3 Å². The first-order valence-corrected chi connectivity index (χ1v) is 12.8. The van der Waals surface area contributed by atoms with Crippen molar-refractivity contribution in [3.8, 4) is 0 Å². The number of para-hydroxylation sites is 1. The van der Waals surface area contributed by atoms with Crippen LogP contribution in [0, 0.1) is 11.8 Å². The predicted molar refractivity (Wildman–Crippen MR) is 128 cm³/mol. The first-order valence-electron chi connectivity index (χ1n) is 12.8. The highest BCUT2D eigenvalue weighted by molar-refractivity contribution is 5.93. The molecule has 0 spiro atoms. The number of carbonyl (C=O) groups excluding carboxylic acids is 1. The lowest BCUT2D eigenvalue weighted by Crippen LogP contribution is -2.46. The Labute approximate surface area is 193 Å². The minimum atomic E-state index is -1.20. The van der Waals surface area contributed by atoms with Crippen LogP contribution < -0.4 is 5.32 Å². The Kier molecular flexibility index (Phi) is 7.56. The molecule has 3 aliphatic rings. The van der Waals surface area contributed by atoms with Crippen molar-refractivity contribution >= 4 is 11.6 Å². The maximum atomic E-state index is 15.8.